The Balaban J connectivity index is 1.74. The summed E-state index contributed by atoms with van der Waals surface area (Å²) in [7, 11) is 0. The van der Waals surface area contributed by atoms with Crippen molar-refractivity contribution in [3.8, 4) is 11.5 Å². The number of allylic oxidation sites excluding steroid dienone is 2. The fourth-order valence-electron chi connectivity index (χ4n) is 2.64. The number of carboxylic acids is 1. The number of carbonyl (C=O) groups is 2. The van der Waals surface area contributed by atoms with Gasteiger partial charge in [0.05, 0.1) is 11.8 Å². The van der Waals surface area contributed by atoms with Crippen molar-refractivity contribution in [1.82, 2.24) is 0 Å². The number of carbonyl (C=O) groups excluding carboxylic acids is 1. The lowest BCUT2D eigenvalue weighted by molar-refractivity contribution is -0.286. The van der Waals surface area contributed by atoms with Crippen molar-refractivity contribution < 1.29 is 33.0 Å². The summed E-state index contributed by atoms with van der Waals surface area (Å²) in [6.07, 6.45) is 0.342. The summed E-state index contributed by atoms with van der Waals surface area (Å²) in [4.78, 5) is 23.5. The van der Waals surface area contributed by atoms with Crippen LogP contribution in [0.25, 0.3) is 0 Å². The Kier molecular flexibility index (Phi) is 3.67. The van der Waals surface area contributed by atoms with E-state index < -0.39 is 30.0 Å². The third kappa shape index (κ3) is 3.10. The van der Waals surface area contributed by atoms with Gasteiger partial charge in [0, 0.05) is 11.8 Å². The van der Waals surface area contributed by atoms with Gasteiger partial charge in [-0.1, -0.05) is 12.2 Å². The summed E-state index contributed by atoms with van der Waals surface area (Å²) in [5.74, 6) is -3.36. The first-order chi connectivity index (χ1) is 10.9. The van der Waals surface area contributed by atoms with Gasteiger partial charge in [0.25, 0.3) is 0 Å². The van der Waals surface area contributed by atoms with Crippen molar-refractivity contribution in [3.63, 3.8) is 0 Å². The number of halogens is 2. The van der Waals surface area contributed by atoms with Crippen LogP contribution in [0.15, 0.2) is 30.4 Å². The third-order valence-corrected chi connectivity index (χ3v) is 3.76. The number of anilines is 1. The monoisotopic (exact) mass is 325 g/mol. The molecule has 2 atom stereocenters. The highest BCUT2D eigenvalue weighted by molar-refractivity contribution is 5.95. The van der Waals surface area contributed by atoms with Crippen molar-refractivity contribution in [2.45, 2.75) is 19.1 Å². The number of nitrogens with one attached hydrogen (secondary N) is 1. The SMILES string of the molecule is O=C(O)C1CC=CCC1C(=O)Nc1ccc2c(c1)OC(F)(F)O2. The smallest absolute Gasteiger partial charge is 0.481 e. The van der Waals surface area contributed by atoms with E-state index in [9.17, 15) is 23.5 Å². The van der Waals surface area contributed by atoms with Crippen LogP contribution in [-0.2, 0) is 9.59 Å². The molecule has 0 spiro atoms. The predicted molar refractivity (Wildman–Crippen MR) is 74.3 cm³/mol. The van der Waals surface area contributed by atoms with E-state index >= 15 is 0 Å². The molecular formula is C15H13F2NO5. The fourth-order valence-corrected chi connectivity index (χ4v) is 2.64. The molecule has 0 fully saturated rings. The molecule has 1 aliphatic heterocycles. The molecule has 0 saturated heterocycles. The average molecular weight is 325 g/mol. The zero-order chi connectivity index (χ0) is 16.6. The minimum atomic E-state index is -3.73. The molecule has 8 heteroatoms. The molecule has 1 aromatic carbocycles. The second-order valence-corrected chi connectivity index (χ2v) is 5.31. The summed E-state index contributed by atoms with van der Waals surface area (Å²) in [6.45, 7) is 0. The maximum Gasteiger partial charge on any atom is 0.586 e. The number of fused-ring (bicyclic) bond motifs is 1. The van der Waals surface area contributed by atoms with E-state index in [0.717, 1.165) is 0 Å². The summed E-state index contributed by atoms with van der Waals surface area (Å²) in [5, 5.41) is 11.7. The van der Waals surface area contributed by atoms with Gasteiger partial charge in [0.1, 0.15) is 0 Å². The van der Waals surface area contributed by atoms with Crippen molar-refractivity contribution in [2.75, 3.05) is 5.32 Å². The van der Waals surface area contributed by atoms with Gasteiger partial charge in [-0.05, 0) is 25.0 Å². The van der Waals surface area contributed by atoms with Crippen LogP contribution in [-0.4, -0.2) is 23.3 Å². The predicted octanol–water partition coefficient (Wildman–Crippen LogP) is 2.61. The second kappa shape index (κ2) is 5.53. The van der Waals surface area contributed by atoms with Gasteiger partial charge in [-0.15, -0.1) is 8.78 Å². The van der Waals surface area contributed by atoms with Gasteiger partial charge in [-0.2, -0.15) is 0 Å². The van der Waals surface area contributed by atoms with E-state index in [1.807, 2.05) is 0 Å². The Morgan fingerprint density at radius 2 is 1.78 bits per heavy atom. The van der Waals surface area contributed by atoms with Crippen LogP contribution < -0.4 is 14.8 Å². The van der Waals surface area contributed by atoms with Crippen LogP contribution in [0.4, 0.5) is 14.5 Å². The van der Waals surface area contributed by atoms with Gasteiger partial charge in [0.15, 0.2) is 11.5 Å². The Labute approximate surface area is 129 Å². The molecule has 0 aromatic heterocycles. The highest BCUT2D eigenvalue weighted by atomic mass is 19.3. The van der Waals surface area contributed by atoms with Gasteiger partial charge in [-0.25, -0.2) is 0 Å². The lowest BCUT2D eigenvalue weighted by atomic mass is 9.82. The zero-order valence-corrected chi connectivity index (χ0v) is 11.8. The topological polar surface area (TPSA) is 84.9 Å². The Hall–Kier alpha value is -2.64. The van der Waals surface area contributed by atoms with Gasteiger partial charge >= 0.3 is 12.3 Å². The van der Waals surface area contributed by atoms with E-state index in [1.54, 1.807) is 12.2 Å². The van der Waals surface area contributed by atoms with E-state index in [0.29, 0.717) is 6.42 Å². The van der Waals surface area contributed by atoms with E-state index in [-0.39, 0.29) is 23.6 Å². The van der Waals surface area contributed by atoms with Crippen LogP contribution in [0, 0.1) is 11.8 Å². The second-order valence-electron chi connectivity index (χ2n) is 5.31. The highest BCUT2D eigenvalue weighted by Gasteiger charge is 2.43. The van der Waals surface area contributed by atoms with E-state index in [4.69, 9.17) is 0 Å². The quantitative estimate of drug-likeness (QED) is 0.835. The first-order valence-corrected chi connectivity index (χ1v) is 6.94. The average Bonchev–Trinajstić information content (AvgIpc) is 2.80. The lowest BCUT2D eigenvalue weighted by Crippen LogP contribution is -2.34. The van der Waals surface area contributed by atoms with Crippen molar-refractivity contribution in [3.05, 3.63) is 30.4 Å². The standard InChI is InChI=1S/C15H13F2NO5/c16-15(17)22-11-6-5-8(7-12(11)23-15)18-13(19)9-3-1-2-4-10(9)14(20)21/h1-2,5-7,9-10H,3-4H2,(H,18,19)(H,20,21). The first-order valence-electron chi connectivity index (χ1n) is 6.94. The molecule has 0 radical (unpaired) electrons. The number of rotatable bonds is 3. The molecular weight excluding hydrogens is 312 g/mol. The van der Waals surface area contributed by atoms with Crippen LogP contribution in [0.5, 0.6) is 11.5 Å². The summed E-state index contributed by atoms with van der Waals surface area (Å²) < 4.78 is 34.5. The molecule has 1 aliphatic carbocycles. The largest absolute Gasteiger partial charge is 0.586 e. The molecule has 2 N–H and O–H groups in total. The minimum absolute atomic E-state index is 0.128. The summed E-state index contributed by atoms with van der Waals surface area (Å²) in [5.41, 5.74) is 0.230. The van der Waals surface area contributed by atoms with E-state index in [2.05, 4.69) is 14.8 Å². The van der Waals surface area contributed by atoms with Crippen molar-refractivity contribution in [1.29, 1.82) is 0 Å². The maximum atomic E-state index is 13.0. The Morgan fingerprint density at radius 1 is 1.13 bits per heavy atom. The number of hydrogen-bond donors (Lipinski definition) is 2. The van der Waals surface area contributed by atoms with Crippen LogP contribution in [0.1, 0.15) is 12.8 Å². The Bertz CT molecular complexity index is 688. The van der Waals surface area contributed by atoms with E-state index in [1.165, 1.54) is 18.2 Å². The highest BCUT2D eigenvalue weighted by Crippen LogP contribution is 2.42. The number of amides is 1. The molecule has 2 unspecified atom stereocenters. The molecule has 1 heterocycles. The molecule has 2 aliphatic rings. The number of benzene rings is 1. The van der Waals surface area contributed by atoms with Gasteiger partial charge < -0.3 is 19.9 Å². The Morgan fingerprint density at radius 3 is 2.48 bits per heavy atom. The maximum absolute atomic E-state index is 13.0. The number of hydrogen-bond acceptors (Lipinski definition) is 4. The van der Waals surface area contributed by atoms with Crippen LogP contribution in [0.2, 0.25) is 0 Å². The zero-order valence-electron chi connectivity index (χ0n) is 11.8. The number of carboxylic acid groups (broad SMARTS) is 1. The molecule has 23 heavy (non-hydrogen) atoms. The molecule has 1 aromatic rings. The number of aliphatic carboxylic acids is 1. The van der Waals surface area contributed by atoms with Gasteiger partial charge in [0.2, 0.25) is 5.91 Å². The molecule has 3 rings (SSSR count). The van der Waals surface area contributed by atoms with Crippen molar-refractivity contribution >= 4 is 17.6 Å². The molecule has 1 amide bonds. The first kappa shape index (κ1) is 15.3. The normalized spacial score (nSPS) is 24.3. The summed E-state index contributed by atoms with van der Waals surface area (Å²) >= 11 is 0. The minimum Gasteiger partial charge on any atom is -0.481 e. The lowest BCUT2D eigenvalue weighted by Gasteiger charge is -2.24. The molecule has 0 bridgehead atoms. The third-order valence-electron chi connectivity index (χ3n) is 3.76. The number of ether oxygens (including phenoxy) is 2. The van der Waals surface area contributed by atoms with Gasteiger partial charge in [-0.3, -0.25) is 9.59 Å². The fraction of sp³-hybridized carbons (Fsp3) is 0.333. The molecule has 0 saturated carbocycles. The number of alkyl halides is 2. The van der Waals surface area contributed by atoms with Crippen LogP contribution in [0.3, 0.4) is 0 Å². The summed E-state index contributed by atoms with van der Waals surface area (Å²) in [6, 6.07) is 3.85. The van der Waals surface area contributed by atoms with Crippen LogP contribution >= 0.6 is 0 Å². The molecule has 6 nitrogen and oxygen atoms in total. The van der Waals surface area contributed by atoms with Crippen molar-refractivity contribution in [2.24, 2.45) is 11.8 Å². The molecule has 122 valence electrons.